The second-order valence-corrected chi connectivity index (χ2v) is 6.23. The molecular formula is C15H27N5O2. The largest absolute Gasteiger partial charge is 0.378 e. The van der Waals surface area contributed by atoms with Crippen molar-refractivity contribution in [2.24, 2.45) is 0 Å². The van der Waals surface area contributed by atoms with Crippen molar-refractivity contribution in [1.29, 1.82) is 0 Å². The molecular weight excluding hydrogens is 282 g/mol. The standard InChI is InChI=1S/C15H27N5O2/c1-3-12-10-19(11-13(4-2)22-12)15-16-17-18-20(15)8-7-14-6-5-9-21-14/h12-14H,3-11H2,1-2H3. The van der Waals surface area contributed by atoms with Crippen LogP contribution in [0.15, 0.2) is 0 Å². The van der Waals surface area contributed by atoms with Gasteiger partial charge in [-0.3, -0.25) is 0 Å². The van der Waals surface area contributed by atoms with Gasteiger partial charge in [-0.25, -0.2) is 4.68 Å². The molecule has 1 aromatic rings. The van der Waals surface area contributed by atoms with Gasteiger partial charge in [0.15, 0.2) is 0 Å². The van der Waals surface area contributed by atoms with Crippen molar-refractivity contribution >= 4 is 5.95 Å². The van der Waals surface area contributed by atoms with E-state index < -0.39 is 0 Å². The zero-order valence-corrected chi connectivity index (χ0v) is 13.6. The van der Waals surface area contributed by atoms with Crippen LogP contribution in [0.1, 0.15) is 46.0 Å². The highest BCUT2D eigenvalue weighted by Crippen LogP contribution is 2.22. The first-order valence-corrected chi connectivity index (χ1v) is 8.58. The van der Waals surface area contributed by atoms with Gasteiger partial charge in [-0.1, -0.05) is 18.9 Å². The molecule has 1 aromatic heterocycles. The number of nitrogens with zero attached hydrogens (tertiary/aromatic N) is 5. The summed E-state index contributed by atoms with van der Waals surface area (Å²) in [5.41, 5.74) is 0. The summed E-state index contributed by atoms with van der Waals surface area (Å²) in [6.45, 7) is 7.79. The second-order valence-electron chi connectivity index (χ2n) is 6.23. The Morgan fingerprint density at radius 1 is 1.14 bits per heavy atom. The van der Waals surface area contributed by atoms with E-state index in [1.165, 1.54) is 6.42 Å². The summed E-state index contributed by atoms with van der Waals surface area (Å²) >= 11 is 0. The fraction of sp³-hybridized carbons (Fsp3) is 0.933. The molecule has 3 unspecified atom stereocenters. The van der Waals surface area contributed by atoms with Gasteiger partial charge < -0.3 is 14.4 Å². The molecule has 0 N–H and O–H groups in total. The maximum absolute atomic E-state index is 6.05. The van der Waals surface area contributed by atoms with Crippen LogP contribution in [0.2, 0.25) is 0 Å². The van der Waals surface area contributed by atoms with E-state index in [0.717, 1.165) is 57.9 Å². The molecule has 0 spiro atoms. The van der Waals surface area contributed by atoms with Gasteiger partial charge in [0.2, 0.25) is 5.95 Å². The van der Waals surface area contributed by atoms with Crippen LogP contribution in [0.25, 0.3) is 0 Å². The third kappa shape index (κ3) is 3.57. The highest BCUT2D eigenvalue weighted by molar-refractivity contribution is 5.29. The molecule has 0 bridgehead atoms. The van der Waals surface area contributed by atoms with Gasteiger partial charge in [-0.05, 0) is 42.5 Å². The van der Waals surface area contributed by atoms with Crippen molar-refractivity contribution in [3.05, 3.63) is 0 Å². The van der Waals surface area contributed by atoms with E-state index in [0.29, 0.717) is 6.10 Å². The highest BCUT2D eigenvalue weighted by atomic mass is 16.5. The van der Waals surface area contributed by atoms with E-state index in [4.69, 9.17) is 9.47 Å². The van der Waals surface area contributed by atoms with Gasteiger partial charge in [0.1, 0.15) is 0 Å². The van der Waals surface area contributed by atoms with Crippen LogP contribution in [0.4, 0.5) is 5.95 Å². The summed E-state index contributed by atoms with van der Waals surface area (Å²) in [4.78, 5) is 2.28. The van der Waals surface area contributed by atoms with E-state index in [2.05, 4.69) is 34.3 Å². The Hall–Kier alpha value is -1.21. The lowest BCUT2D eigenvalue weighted by Crippen LogP contribution is -2.48. The number of hydrogen-bond acceptors (Lipinski definition) is 6. The fourth-order valence-electron chi connectivity index (χ4n) is 3.25. The van der Waals surface area contributed by atoms with E-state index >= 15 is 0 Å². The predicted octanol–water partition coefficient (Wildman–Crippen LogP) is 1.64. The van der Waals surface area contributed by atoms with E-state index in [-0.39, 0.29) is 12.2 Å². The minimum atomic E-state index is 0.266. The summed E-state index contributed by atoms with van der Waals surface area (Å²) in [5.74, 6) is 0.873. The van der Waals surface area contributed by atoms with Gasteiger partial charge in [0.05, 0.1) is 18.3 Å². The van der Waals surface area contributed by atoms with E-state index in [1.54, 1.807) is 0 Å². The van der Waals surface area contributed by atoms with Gasteiger partial charge >= 0.3 is 0 Å². The van der Waals surface area contributed by atoms with Gasteiger partial charge in [0.25, 0.3) is 0 Å². The van der Waals surface area contributed by atoms with Crippen LogP contribution in [0, 0.1) is 0 Å². The molecule has 2 aliphatic rings. The van der Waals surface area contributed by atoms with Crippen LogP contribution < -0.4 is 4.90 Å². The molecule has 3 atom stereocenters. The molecule has 0 saturated carbocycles. The van der Waals surface area contributed by atoms with Crippen LogP contribution in [-0.2, 0) is 16.0 Å². The van der Waals surface area contributed by atoms with Crippen LogP contribution in [0.3, 0.4) is 0 Å². The number of rotatable bonds is 6. The minimum absolute atomic E-state index is 0.266. The van der Waals surface area contributed by atoms with Crippen molar-refractivity contribution in [3.63, 3.8) is 0 Å². The van der Waals surface area contributed by atoms with Crippen molar-refractivity contribution in [2.45, 2.75) is 70.8 Å². The first-order valence-electron chi connectivity index (χ1n) is 8.58. The molecule has 0 aliphatic carbocycles. The topological polar surface area (TPSA) is 65.3 Å². The summed E-state index contributed by atoms with van der Waals surface area (Å²) in [5, 5.41) is 12.3. The molecule has 3 heterocycles. The maximum atomic E-state index is 6.05. The van der Waals surface area contributed by atoms with Gasteiger partial charge in [0, 0.05) is 26.2 Å². The van der Waals surface area contributed by atoms with Gasteiger partial charge in [-0.2, -0.15) is 0 Å². The SMILES string of the molecule is CCC1CN(c2nnnn2CCC2CCCO2)CC(CC)O1. The smallest absolute Gasteiger partial charge is 0.245 e. The summed E-state index contributed by atoms with van der Waals surface area (Å²) in [6.07, 6.45) is 6.25. The molecule has 2 fully saturated rings. The molecule has 22 heavy (non-hydrogen) atoms. The number of ether oxygens (including phenoxy) is 2. The number of aryl methyl sites for hydroxylation is 1. The quantitative estimate of drug-likeness (QED) is 0.796. The third-order valence-corrected chi connectivity index (χ3v) is 4.63. The lowest BCUT2D eigenvalue weighted by atomic mass is 10.1. The average molecular weight is 309 g/mol. The Morgan fingerprint density at radius 2 is 1.91 bits per heavy atom. The number of morpholine rings is 1. The molecule has 0 amide bonds. The normalized spacial score (nSPS) is 29.2. The molecule has 0 aromatic carbocycles. The highest BCUT2D eigenvalue weighted by Gasteiger charge is 2.29. The Morgan fingerprint density at radius 3 is 2.55 bits per heavy atom. The zero-order chi connectivity index (χ0) is 15.4. The Labute approximate surface area is 131 Å². The number of anilines is 1. The summed E-state index contributed by atoms with van der Waals surface area (Å²) < 4.78 is 13.7. The Balaban J connectivity index is 1.64. The molecule has 2 saturated heterocycles. The number of hydrogen-bond donors (Lipinski definition) is 0. The monoisotopic (exact) mass is 309 g/mol. The zero-order valence-electron chi connectivity index (χ0n) is 13.6. The lowest BCUT2D eigenvalue weighted by molar-refractivity contribution is -0.0292. The molecule has 7 nitrogen and oxygen atoms in total. The fourth-order valence-corrected chi connectivity index (χ4v) is 3.25. The molecule has 7 heteroatoms. The van der Waals surface area contributed by atoms with Crippen LogP contribution in [-0.4, -0.2) is 58.2 Å². The average Bonchev–Trinajstić information content (AvgIpc) is 3.23. The van der Waals surface area contributed by atoms with E-state index in [1.807, 2.05) is 4.68 Å². The third-order valence-electron chi connectivity index (χ3n) is 4.63. The van der Waals surface area contributed by atoms with Crippen molar-refractivity contribution in [3.8, 4) is 0 Å². The van der Waals surface area contributed by atoms with E-state index in [9.17, 15) is 0 Å². The number of aromatic nitrogens is 4. The molecule has 3 rings (SSSR count). The van der Waals surface area contributed by atoms with Gasteiger partial charge in [-0.15, -0.1) is 0 Å². The minimum Gasteiger partial charge on any atom is -0.378 e. The number of tetrazole rings is 1. The Kier molecular flexibility index (Phi) is 5.25. The first-order chi connectivity index (χ1) is 10.8. The van der Waals surface area contributed by atoms with Crippen molar-refractivity contribution in [2.75, 3.05) is 24.6 Å². The molecule has 0 radical (unpaired) electrons. The van der Waals surface area contributed by atoms with Crippen molar-refractivity contribution < 1.29 is 9.47 Å². The first kappa shape index (κ1) is 15.7. The van der Waals surface area contributed by atoms with Crippen molar-refractivity contribution in [1.82, 2.24) is 20.2 Å². The Bertz CT molecular complexity index is 449. The lowest BCUT2D eigenvalue weighted by Gasteiger charge is -2.37. The molecule has 124 valence electrons. The van der Waals surface area contributed by atoms with Crippen LogP contribution >= 0.6 is 0 Å². The predicted molar refractivity (Wildman–Crippen MR) is 82.9 cm³/mol. The second kappa shape index (κ2) is 7.37. The molecule has 2 aliphatic heterocycles. The van der Waals surface area contributed by atoms with Crippen LogP contribution in [0.5, 0.6) is 0 Å². The summed E-state index contributed by atoms with van der Waals surface area (Å²) in [7, 11) is 0. The summed E-state index contributed by atoms with van der Waals surface area (Å²) in [6, 6.07) is 0. The maximum Gasteiger partial charge on any atom is 0.245 e.